The second kappa shape index (κ2) is 7.43. The van der Waals surface area contributed by atoms with Gasteiger partial charge in [0.2, 0.25) is 0 Å². The van der Waals surface area contributed by atoms with Crippen molar-refractivity contribution in [3.63, 3.8) is 0 Å². The molecule has 0 unspecified atom stereocenters. The van der Waals surface area contributed by atoms with Gasteiger partial charge in [-0.3, -0.25) is 0 Å². The summed E-state index contributed by atoms with van der Waals surface area (Å²) in [6.45, 7) is 5.34. The number of benzene rings is 1. The molecule has 1 N–H and O–H groups in total. The monoisotopic (exact) mass is 207 g/mol. The van der Waals surface area contributed by atoms with Crippen LogP contribution in [-0.2, 0) is 6.42 Å². The van der Waals surface area contributed by atoms with Gasteiger partial charge < -0.3 is 10.0 Å². The molecule has 0 radical (unpaired) electrons. The standard InChI is InChI=1S/C13H21NO/c1-2-9-14(11-12-15)10-8-13-6-4-3-5-7-13/h3-7,15H,2,8-12H2,1H3. The van der Waals surface area contributed by atoms with Gasteiger partial charge in [0.05, 0.1) is 6.61 Å². The topological polar surface area (TPSA) is 23.5 Å². The molecule has 1 rings (SSSR count). The van der Waals surface area contributed by atoms with Crippen molar-refractivity contribution < 1.29 is 5.11 Å². The molecule has 15 heavy (non-hydrogen) atoms. The summed E-state index contributed by atoms with van der Waals surface area (Å²) in [4.78, 5) is 2.31. The third kappa shape index (κ3) is 4.96. The molecule has 0 bridgehead atoms. The van der Waals surface area contributed by atoms with Crippen LogP contribution in [0.15, 0.2) is 30.3 Å². The summed E-state index contributed by atoms with van der Waals surface area (Å²) in [6, 6.07) is 10.5. The van der Waals surface area contributed by atoms with E-state index in [1.54, 1.807) is 0 Å². The van der Waals surface area contributed by atoms with Gasteiger partial charge >= 0.3 is 0 Å². The van der Waals surface area contributed by atoms with Crippen LogP contribution in [0, 0.1) is 0 Å². The maximum atomic E-state index is 8.92. The van der Waals surface area contributed by atoms with Crippen LogP contribution >= 0.6 is 0 Å². The molecule has 0 fully saturated rings. The smallest absolute Gasteiger partial charge is 0.0558 e. The van der Waals surface area contributed by atoms with E-state index in [2.05, 4.69) is 36.1 Å². The van der Waals surface area contributed by atoms with Gasteiger partial charge in [-0.25, -0.2) is 0 Å². The predicted octanol–water partition coefficient (Wildman–Crippen LogP) is 1.93. The van der Waals surface area contributed by atoms with Crippen LogP contribution in [0.25, 0.3) is 0 Å². The van der Waals surface area contributed by atoms with E-state index in [-0.39, 0.29) is 6.61 Å². The molecular formula is C13H21NO. The molecule has 0 spiro atoms. The highest BCUT2D eigenvalue weighted by Crippen LogP contribution is 2.01. The fourth-order valence-corrected chi connectivity index (χ4v) is 1.72. The van der Waals surface area contributed by atoms with Crippen molar-refractivity contribution in [2.45, 2.75) is 19.8 Å². The van der Waals surface area contributed by atoms with Gasteiger partial charge in [-0.1, -0.05) is 37.3 Å². The molecule has 1 aromatic carbocycles. The van der Waals surface area contributed by atoms with Crippen molar-refractivity contribution in [2.75, 3.05) is 26.2 Å². The number of nitrogens with zero attached hydrogens (tertiary/aromatic N) is 1. The molecule has 0 aliphatic rings. The number of aliphatic hydroxyl groups excluding tert-OH is 1. The fraction of sp³-hybridized carbons (Fsp3) is 0.538. The van der Waals surface area contributed by atoms with Crippen LogP contribution in [0.2, 0.25) is 0 Å². The van der Waals surface area contributed by atoms with Crippen molar-refractivity contribution in [1.29, 1.82) is 0 Å². The Labute approximate surface area is 92.5 Å². The molecule has 2 heteroatoms. The van der Waals surface area contributed by atoms with Gasteiger partial charge in [0, 0.05) is 13.1 Å². The molecular weight excluding hydrogens is 186 g/mol. The Bertz CT molecular complexity index is 242. The number of hydrogen-bond acceptors (Lipinski definition) is 2. The Morgan fingerprint density at radius 2 is 1.80 bits per heavy atom. The molecule has 0 saturated heterocycles. The highest BCUT2D eigenvalue weighted by molar-refractivity contribution is 5.14. The minimum Gasteiger partial charge on any atom is -0.395 e. The Hall–Kier alpha value is -0.860. The fourth-order valence-electron chi connectivity index (χ4n) is 1.72. The van der Waals surface area contributed by atoms with Crippen LogP contribution < -0.4 is 0 Å². The SMILES string of the molecule is CCCN(CCO)CCc1ccccc1. The Morgan fingerprint density at radius 3 is 2.40 bits per heavy atom. The summed E-state index contributed by atoms with van der Waals surface area (Å²) < 4.78 is 0. The van der Waals surface area contributed by atoms with Crippen molar-refractivity contribution in [1.82, 2.24) is 4.90 Å². The molecule has 84 valence electrons. The summed E-state index contributed by atoms with van der Waals surface area (Å²) in [5.74, 6) is 0. The first-order valence-corrected chi connectivity index (χ1v) is 5.74. The lowest BCUT2D eigenvalue weighted by Crippen LogP contribution is -2.29. The largest absolute Gasteiger partial charge is 0.395 e. The Balaban J connectivity index is 2.33. The molecule has 0 saturated carbocycles. The first kappa shape index (κ1) is 12.2. The molecule has 0 aliphatic carbocycles. The zero-order chi connectivity index (χ0) is 10.9. The van der Waals surface area contributed by atoms with Crippen LogP contribution in [0.4, 0.5) is 0 Å². The van der Waals surface area contributed by atoms with Crippen LogP contribution in [0.1, 0.15) is 18.9 Å². The van der Waals surface area contributed by atoms with Gasteiger partial charge in [0.25, 0.3) is 0 Å². The third-order valence-electron chi connectivity index (χ3n) is 2.52. The minimum absolute atomic E-state index is 0.259. The Kier molecular flexibility index (Phi) is 6.05. The van der Waals surface area contributed by atoms with Crippen molar-refractivity contribution in [2.24, 2.45) is 0 Å². The van der Waals surface area contributed by atoms with Crippen LogP contribution in [0.3, 0.4) is 0 Å². The van der Waals surface area contributed by atoms with Crippen molar-refractivity contribution in [3.05, 3.63) is 35.9 Å². The van der Waals surface area contributed by atoms with Crippen LogP contribution in [0.5, 0.6) is 0 Å². The average molecular weight is 207 g/mol. The first-order chi connectivity index (χ1) is 7.36. The number of rotatable bonds is 7. The second-order valence-corrected chi connectivity index (χ2v) is 3.80. The van der Waals surface area contributed by atoms with E-state index in [0.717, 1.165) is 32.5 Å². The van der Waals surface area contributed by atoms with E-state index < -0.39 is 0 Å². The molecule has 1 aromatic rings. The van der Waals surface area contributed by atoms with E-state index in [1.807, 2.05) is 6.07 Å². The lowest BCUT2D eigenvalue weighted by Gasteiger charge is -2.20. The summed E-state index contributed by atoms with van der Waals surface area (Å²) in [6.07, 6.45) is 2.22. The normalized spacial score (nSPS) is 10.9. The lowest BCUT2D eigenvalue weighted by molar-refractivity contribution is 0.197. The summed E-state index contributed by atoms with van der Waals surface area (Å²) in [5.41, 5.74) is 1.37. The van der Waals surface area contributed by atoms with Gasteiger partial charge in [0.15, 0.2) is 0 Å². The summed E-state index contributed by atoms with van der Waals surface area (Å²) in [5, 5.41) is 8.92. The summed E-state index contributed by atoms with van der Waals surface area (Å²) >= 11 is 0. The zero-order valence-electron chi connectivity index (χ0n) is 9.52. The molecule has 0 amide bonds. The molecule has 2 nitrogen and oxygen atoms in total. The molecule has 0 aromatic heterocycles. The lowest BCUT2D eigenvalue weighted by atomic mass is 10.1. The number of aliphatic hydroxyl groups is 1. The zero-order valence-corrected chi connectivity index (χ0v) is 9.52. The van der Waals surface area contributed by atoms with E-state index in [0.29, 0.717) is 0 Å². The summed E-state index contributed by atoms with van der Waals surface area (Å²) in [7, 11) is 0. The van der Waals surface area contributed by atoms with Gasteiger partial charge in [-0.2, -0.15) is 0 Å². The molecule has 0 heterocycles. The van der Waals surface area contributed by atoms with E-state index in [9.17, 15) is 0 Å². The highest BCUT2D eigenvalue weighted by Gasteiger charge is 2.02. The van der Waals surface area contributed by atoms with Gasteiger partial charge in [0.1, 0.15) is 0 Å². The van der Waals surface area contributed by atoms with Crippen molar-refractivity contribution >= 4 is 0 Å². The first-order valence-electron chi connectivity index (χ1n) is 5.74. The predicted molar refractivity (Wildman–Crippen MR) is 64.0 cm³/mol. The maximum Gasteiger partial charge on any atom is 0.0558 e. The molecule has 0 atom stereocenters. The van der Waals surface area contributed by atoms with Gasteiger partial charge in [-0.15, -0.1) is 0 Å². The highest BCUT2D eigenvalue weighted by atomic mass is 16.3. The van der Waals surface area contributed by atoms with E-state index in [4.69, 9.17) is 5.11 Å². The van der Waals surface area contributed by atoms with E-state index >= 15 is 0 Å². The Morgan fingerprint density at radius 1 is 1.07 bits per heavy atom. The van der Waals surface area contributed by atoms with Crippen molar-refractivity contribution in [3.8, 4) is 0 Å². The van der Waals surface area contributed by atoms with Crippen LogP contribution in [-0.4, -0.2) is 36.2 Å². The molecule has 0 aliphatic heterocycles. The minimum atomic E-state index is 0.259. The second-order valence-electron chi connectivity index (χ2n) is 3.80. The van der Waals surface area contributed by atoms with E-state index in [1.165, 1.54) is 5.56 Å². The average Bonchev–Trinajstić information content (AvgIpc) is 2.28. The number of hydrogen-bond donors (Lipinski definition) is 1. The van der Waals surface area contributed by atoms with Gasteiger partial charge in [-0.05, 0) is 24.9 Å². The third-order valence-corrected chi connectivity index (χ3v) is 2.52. The quantitative estimate of drug-likeness (QED) is 0.738. The maximum absolute atomic E-state index is 8.92.